The van der Waals surface area contributed by atoms with Crippen molar-refractivity contribution in [3.05, 3.63) is 48.8 Å². The molecule has 2 saturated heterocycles. The standard InChI is InChI=1S/C24H29N5O4S/c1-33-20-9-4-10-21(16-20)34(31,32)28-14-11-24(12-15-28)22(26-18-6-2-3-7-18)27-23(30)29(24)19-8-5-13-25-17-19/h4-5,8-10,13,16-18H,2-3,6-7,11-12,14-15H2,1H3,(H-,26,27,30,31,32). The van der Waals surface area contributed by atoms with Gasteiger partial charge in [-0.25, -0.2) is 4.79 Å². The van der Waals surface area contributed by atoms with Crippen LogP contribution in [0.3, 0.4) is 0 Å². The Hall–Kier alpha value is -2.82. The molecule has 10 heteroatoms. The summed E-state index contributed by atoms with van der Waals surface area (Å²) < 4.78 is 33.4. The summed E-state index contributed by atoms with van der Waals surface area (Å²) in [5.41, 5.74) is -0.0379. The number of sulfonamides is 1. The molecule has 1 aromatic carbocycles. The van der Waals surface area contributed by atoms with Crippen LogP contribution in [0.4, 0.5) is 10.5 Å². The minimum absolute atomic E-state index is 0.194. The van der Waals surface area contributed by atoms with Gasteiger partial charge in [-0.05, 0) is 49.9 Å². The van der Waals surface area contributed by atoms with E-state index in [1.165, 1.54) is 17.5 Å². The first-order valence-corrected chi connectivity index (χ1v) is 13.1. The predicted octanol–water partition coefficient (Wildman–Crippen LogP) is 3.40. The first-order valence-electron chi connectivity index (χ1n) is 11.7. The number of aromatic nitrogens is 1. The number of methoxy groups -OCH3 is 1. The Morgan fingerprint density at radius 1 is 1.21 bits per heavy atom. The molecule has 3 heterocycles. The number of benzene rings is 1. The van der Waals surface area contributed by atoms with Crippen molar-refractivity contribution in [2.24, 2.45) is 4.99 Å². The second-order valence-corrected chi connectivity index (χ2v) is 10.9. The lowest BCUT2D eigenvalue weighted by Crippen LogP contribution is -2.58. The summed E-state index contributed by atoms with van der Waals surface area (Å²) in [6.45, 7) is 0.546. The van der Waals surface area contributed by atoms with Crippen LogP contribution in [-0.4, -0.2) is 57.5 Å². The molecule has 34 heavy (non-hydrogen) atoms. The van der Waals surface area contributed by atoms with Crippen LogP contribution in [0.1, 0.15) is 38.5 Å². The number of amidine groups is 1. The number of amides is 2. The Morgan fingerprint density at radius 2 is 1.97 bits per heavy atom. The van der Waals surface area contributed by atoms with Crippen LogP contribution in [0.2, 0.25) is 0 Å². The molecule has 3 fully saturated rings. The van der Waals surface area contributed by atoms with Gasteiger partial charge in [-0.15, -0.1) is 4.31 Å². The van der Waals surface area contributed by atoms with Gasteiger partial charge in [-0.1, -0.05) is 23.1 Å². The fourth-order valence-electron chi connectivity index (χ4n) is 5.26. The zero-order valence-corrected chi connectivity index (χ0v) is 20.0. The smallest absolute Gasteiger partial charge is 0.328 e. The molecule has 0 radical (unpaired) electrons. The number of aliphatic imine (C=N–C) groups is 1. The molecule has 1 spiro atoms. The summed E-state index contributed by atoms with van der Waals surface area (Å²) >= 11 is 0. The highest BCUT2D eigenvalue weighted by atomic mass is 32.3. The highest BCUT2D eigenvalue weighted by Gasteiger charge is 2.55. The second kappa shape index (κ2) is 9.09. The topological polar surface area (TPSA) is 110 Å². The average molecular weight is 484 g/mol. The lowest BCUT2D eigenvalue weighted by molar-refractivity contribution is 0.240. The van der Waals surface area contributed by atoms with Crippen molar-refractivity contribution in [1.82, 2.24) is 14.6 Å². The van der Waals surface area contributed by atoms with Crippen LogP contribution in [-0.2, 0) is 14.6 Å². The molecule has 1 saturated carbocycles. The van der Waals surface area contributed by atoms with Gasteiger partial charge < -0.3 is 9.29 Å². The lowest BCUT2D eigenvalue weighted by atomic mass is 9.86. The van der Waals surface area contributed by atoms with E-state index in [4.69, 9.17) is 9.73 Å². The third kappa shape index (κ3) is 3.99. The van der Waals surface area contributed by atoms with Crippen LogP contribution in [0, 0.1) is 0 Å². The van der Waals surface area contributed by atoms with Crippen molar-refractivity contribution in [2.75, 3.05) is 25.1 Å². The fraction of sp³-hybridized carbons (Fsp3) is 0.458. The fourth-order valence-corrected chi connectivity index (χ4v) is 6.74. The summed E-state index contributed by atoms with van der Waals surface area (Å²) in [5.74, 6) is 1.15. The quantitative estimate of drug-likeness (QED) is 0.656. The van der Waals surface area contributed by atoms with Crippen molar-refractivity contribution >= 4 is 28.0 Å². The van der Waals surface area contributed by atoms with Crippen molar-refractivity contribution in [3.8, 4) is 5.75 Å². The molecule has 1 N–H and O–H groups in total. The van der Waals surface area contributed by atoms with E-state index in [9.17, 15) is 13.6 Å². The minimum atomic E-state index is -3.70. The molecular weight excluding hydrogens is 454 g/mol. The number of hydrogen-bond donors (Lipinski definition) is 1. The van der Waals surface area contributed by atoms with Crippen LogP contribution in [0.15, 0.2) is 58.7 Å². The SMILES string of the molecule is COc1cccc([S+](=O)([O-])N2CCC3(CC2)C(=NC2CCCC2)NC(=O)N3c2cccnc2)c1. The predicted molar refractivity (Wildman–Crippen MR) is 129 cm³/mol. The maximum atomic E-state index is 13.4. The molecule has 2 aromatic rings. The Kier molecular flexibility index (Phi) is 6.13. The van der Waals surface area contributed by atoms with E-state index in [0.29, 0.717) is 30.1 Å². The van der Waals surface area contributed by atoms with Gasteiger partial charge in [-0.2, -0.15) is 0 Å². The first-order chi connectivity index (χ1) is 16.4. The Balaban J connectivity index is 1.46. The Bertz CT molecular complexity index is 1130. The van der Waals surface area contributed by atoms with Gasteiger partial charge in [0.2, 0.25) is 0 Å². The van der Waals surface area contributed by atoms with E-state index in [2.05, 4.69) is 10.3 Å². The summed E-state index contributed by atoms with van der Waals surface area (Å²) in [6.07, 6.45) is 8.52. The lowest BCUT2D eigenvalue weighted by Gasteiger charge is -2.43. The molecule has 2 aliphatic heterocycles. The van der Waals surface area contributed by atoms with E-state index in [1.807, 2.05) is 6.07 Å². The number of rotatable bonds is 5. The Labute approximate surface area is 200 Å². The van der Waals surface area contributed by atoms with Crippen LogP contribution in [0.25, 0.3) is 0 Å². The summed E-state index contributed by atoms with van der Waals surface area (Å²) in [4.78, 5) is 24.3. The Morgan fingerprint density at radius 3 is 2.65 bits per heavy atom. The number of ether oxygens (including phenoxy) is 1. The molecular formula is C24H29N5O4S. The third-order valence-electron chi connectivity index (χ3n) is 7.07. The number of carbonyl (C=O) groups is 1. The van der Waals surface area contributed by atoms with Crippen LogP contribution in [0.5, 0.6) is 5.75 Å². The van der Waals surface area contributed by atoms with E-state index in [-0.39, 0.29) is 30.1 Å². The molecule has 1 aliphatic carbocycles. The molecule has 180 valence electrons. The summed E-state index contributed by atoms with van der Waals surface area (Å²) in [6, 6.07) is 10.1. The zero-order chi connectivity index (χ0) is 23.8. The number of piperidine rings is 1. The molecule has 9 nitrogen and oxygen atoms in total. The third-order valence-corrected chi connectivity index (χ3v) is 8.96. The van der Waals surface area contributed by atoms with Crippen molar-refractivity contribution in [3.63, 3.8) is 0 Å². The number of nitrogens with one attached hydrogen (secondary N) is 1. The number of nitrogens with zero attached hydrogens (tertiary/aromatic N) is 4. The van der Waals surface area contributed by atoms with E-state index in [1.54, 1.807) is 41.6 Å². The second-order valence-electron chi connectivity index (χ2n) is 9.01. The highest BCUT2D eigenvalue weighted by Crippen LogP contribution is 2.40. The van der Waals surface area contributed by atoms with Crippen LogP contribution < -0.4 is 15.0 Å². The van der Waals surface area contributed by atoms with Crippen LogP contribution >= 0.6 is 0 Å². The van der Waals surface area contributed by atoms with E-state index >= 15 is 0 Å². The van der Waals surface area contributed by atoms with Gasteiger partial charge in [0.05, 0.1) is 25.0 Å². The van der Waals surface area contributed by atoms with Gasteiger partial charge in [0.15, 0.2) is 15.3 Å². The van der Waals surface area contributed by atoms with Crippen molar-refractivity contribution in [1.29, 1.82) is 0 Å². The van der Waals surface area contributed by atoms with Crippen molar-refractivity contribution in [2.45, 2.75) is 55.0 Å². The number of urea groups is 1. The molecule has 3 aliphatic rings. The number of hydrogen-bond acceptors (Lipinski definition) is 6. The molecule has 1 atom stereocenters. The number of pyridine rings is 1. The van der Waals surface area contributed by atoms with Gasteiger partial charge >= 0.3 is 6.03 Å². The number of anilines is 1. The van der Waals surface area contributed by atoms with Gasteiger partial charge in [0, 0.05) is 25.4 Å². The highest BCUT2D eigenvalue weighted by molar-refractivity contribution is 7.95. The summed E-state index contributed by atoms with van der Waals surface area (Å²) in [5, 5.41) is 3.01. The molecule has 1 aromatic heterocycles. The monoisotopic (exact) mass is 483 g/mol. The normalized spacial score (nSPS) is 23.9. The maximum Gasteiger partial charge on any atom is 0.328 e. The van der Waals surface area contributed by atoms with Crippen molar-refractivity contribution < 1.29 is 18.3 Å². The summed E-state index contributed by atoms with van der Waals surface area (Å²) in [7, 11) is -2.19. The van der Waals surface area contributed by atoms with Gasteiger partial charge in [0.25, 0.3) is 0 Å². The first kappa shape index (κ1) is 22.9. The van der Waals surface area contributed by atoms with E-state index < -0.39 is 15.9 Å². The van der Waals surface area contributed by atoms with E-state index in [0.717, 1.165) is 25.7 Å². The molecule has 1 unspecified atom stereocenters. The van der Waals surface area contributed by atoms with Gasteiger partial charge in [-0.3, -0.25) is 20.2 Å². The average Bonchev–Trinajstić information content (AvgIpc) is 3.46. The zero-order valence-electron chi connectivity index (χ0n) is 19.2. The minimum Gasteiger partial charge on any atom is -0.593 e. The number of carbonyl (C=O) groups excluding carboxylic acids is 1. The largest absolute Gasteiger partial charge is 0.593 e. The molecule has 5 rings (SSSR count). The maximum absolute atomic E-state index is 13.4. The molecule has 0 bridgehead atoms. The molecule has 2 amide bonds. The van der Waals surface area contributed by atoms with Gasteiger partial charge in [0.1, 0.15) is 17.1 Å².